The predicted octanol–water partition coefficient (Wildman–Crippen LogP) is 5.22. The van der Waals surface area contributed by atoms with Crippen molar-refractivity contribution >= 4 is 32.6 Å². The molecule has 0 radical (unpaired) electrons. The Bertz CT molecular complexity index is 1150. The largest absolute Gasteiger partial charge is 0.467 e. The number of aryl methyl sites for hydroxylation is 2. The van der Waals surface area contributed by atoms with E-state index in [1.165, 1.54) is 22.5 Å². The number of nitriles is 1. The van der Waals surface area contributed by atoms with E-state index in [0.29, 0.717) is 22.0 Å². The molecule has 4 rings (SSSR count). The first-order chi connectivity index (χ1) is 13.5. The van der Waals surface area contributed by atoms with E-state index < -0.39 is 0 Å². The van der Waals surface area contributed by atoms with Crippen LogP contribution in [0.5, 0.6) is 0 Å². The van der Waals surface area contributed by atoms with Crippen LogP contribution < -0.4 is 4.90 Å². The van der Waals surface area contributed by atoms with Crippen LogP contribution in [-0.2, 0) is 6.54 Å². The fourth-order valence-electron chi connectivity index (χ4n) is 2.91. The molecule has 0 N–H and O–H groups in total. The van der Waals surface area contributed by atoms with E-state index in [0.717, 1.165) is 10.2 Å². The van der Waals surface area contributed by atoms with Gasteiger partial charge < -0.3 is 4.42 Å². The summed E-state index contributed by atoms with van der Waals surface area (Å²) in [5, 5.41) is 9.60. The summed E-state index contributed by atoms with van der Waals surface area (Å²) in [5.74, 6) is 0.488. The molecule has 4 aromatic rings. The molecule has 0 saturated carbocycles. The molecule has 0 saturated heterocycles. The van der Waals surface area contributed by atoms with E-state index in [1.807, 2.05) is 12.1 Å². The highest BCUT2D eigenvalue weighted by atomic mass is 32.1. The van der Waals surface area contributed by atoms with Gasteiger partial charge in [-0.3, -0.25) is 9.69 Å². The lowest BCUT2D eigenvalue weighted by Crippen LogP contribution is -2.30. The van der Waals surface area contributed by atoms with E-state index in [4.69, 9.17) is 14.7 Å². The summed E-state index contributed by atoms with van der Waals surface area (Å²) in [6.45, 7) is 4.40. The van der Waals surface area contributed by atoms with Crippen molar-refractivity contribution in [3.63, 3.8) is 0 Å². The van der Waals surface area contributed by atoms with Crippen LogP contribution in [0.25, 0.3) is 10.2 Å². The number of amides is 1. The third-order valence-electron chi connectivity index (χ3n) is 4.62. The summed E-state index contributed by atoms with van der Waals surface area (Å²) in [6, 6.07) is 16.5. The van der Waals surface area contributed by atoms with Crippen LogP contribution >= 0.6 is 11.3 Å². The van der Waals surface area contributed by atoms with Gasteiger partial charge in [0, 0.05) is 5.56 Å². The van der Waals surface area contributed by atoms with Gasteiger partial charge >= 0.3 is 0 Å². The zero-order valence-electron chi connectivity index (χ0n) is 15.5. The van der Waals surface area contributed by atoms with Gasteiger partial charge in [0.25, 0.3) is 5.91 Å². The van der Waals surface area contributed by atoms with Crippen molar-refractivity contribution in [3.05, 3.63) is 82.8 Å². The Hall–Kier alpha value is -3.43. The number of rotatable bonds is 4. The minimum atomic E-state index is -0.187. The van der Waals surface area contributed by atoms with Gasteiger partial charge in [0.15, 0.2) is 5.13 Å². The number of anilines is 1. The first-order valence-corrected chi connectivity index (χ1v) is 9.59. The summed E-state index contributed by atoms with van der Waals surface area (Å²) < 4.78 is 6.50. The molecule has 1 amide bonds. The van der Waals surface area contributed by atoms with Gasteiger partial charge in [-0.2, -0.15) is 5.26 Å². The minimum Gasteiger partial charge on any atom is -0.467 e. The van der Waals surface area contributed by atoms with Crippen LogP contribution in [0.1, 0.15) is 32.8 Å². The van der Waals surface area contributed by atoms with Crippen LogP contribution in [0, 0.1) is 25.2 Å². The van der Waals surface area contributed by atoms with Gasteiger partial charge in [-0.25, -0.2) is 4.98 Å². The van der Waals surface area contributed by atoms with Crippen LogP contribution in [-0.4, -0.2) is 10.9 Å². The smallest absolute Gasteiger partial charge is 0.260 e. The molecule has 6 heteroatoms. The molecule has 0 aliphatic rings. The van der Waals surface area contributed by atoms with Crippen molar-refractivity contribution in [3.8, 4) is 6.07 Å². The van der Waals surface area contributed by atoms with E-state index in [-0.39, 0.29) is 12.5 Å². The number of furan rings is 1. The molecule has 0 atom stereocenters. The summed E-state index contributed by atoms with van der Waals surface area (Å²) in [6.07, 6.45) is 1.59. The predicted molar refractivity (Wildman–Crippen MR) is 109 cm³/mol. The Morgan fingerprint density at radius 2 is 1.93 bits per heavy atom. The maximum Gasteiger partial charge on any atom is 0.260 e. The second-order valence-electron chi connectivity index (χ2n) is 6.56. The van der Waals surface area contributed by atoms with E-state index in [2.05, 4.69) is 26.0 Å². The monoisotopic (exact) mass is 387 g/mol. The number of hydrogen-bond donors (Lipinski definition) is 0. The quantitative estimate of drug-likeness (QED) is 0.481. The van der Waals surface area contributed by atoms with Crippen molar-refractivity contribution < 1.29 is 9.21 Å². The topological polar surface area (TPSA) is 70.1 Å². The third kappa shape index (κ3) is 3.40. The Morgan fingerprint density at radius 3 is 2.61 bits per heavy atom. The Kier molecular flexibility index (Phi) is 4.68. The summed E-state index contributed by atoms with van der Waals surface area (Å²) >= 11 is 1.48. The maximum atomic E-state index is 13.2. The summed E-state index contributed by atoms with van der Waals surface area (Å²) in [5.41, 5.74) is 4.25. The molecule has 2 aromatic heterocycles. The average Bonchev–Trinajstić information content (AvgIpc) is 3.35. The fraction of sp³-hybridized carbons (Fsp3) is 0.136. The number of nitrogens with zero attached hydrogens (tertiary/aromatic N) is 3. The number of carbonyl (C=O) groups is 1. The molecular weight excluding hydrogens is 370 g/mol. The lowest BCUT2D eigenvalue weighted by molar-refractivity contribution is 0.0983. The van der Waals surface area contributed by atoms with Crippen LogP contribution in [0.3, 0.4) is 0 Å². The summed E-state index contributed by atoms with van der Waals surface area (Å²) in [7, 11) is 0. The van der Waals surface area contributed by atoms with Gasteiger partial charge in [-0.05, 0) is 73.5 Å². The lowest BCUT2D eigenvalue weighted by Gasteiger charge is -2.18. The second-order valence-corrected chi connectivity index (χ2v) is 7.57. The molecule has 0 aliphatic heterocycles. The highest BCUT2D eigenvalue weighted by Gasteiger charge is 2.23. The normalized spacial score (nSPS) is 10.8. The van der Waals surface area contributed by atoms with E-state index in [1.54, 1.807) is 41.5 Å². The standard InChI is InChI=1S/C22H17N3O2S/c1-14-10-19-20(11-15(14)2)28-22(24-19)25(13-18-4-3-9-27-18)21(26)17-7-5-16(12-23)6-8-17/h3-11H,13H2,1-2H3. The molecule has 2 aromatic carbocycles. The highest BCUT2D eigenvalue weighted by Crippen LogP contribution is 2.32. The van der Waals surface area contributed by atoms with Crippen molar-refractivity contribution in [1.29, 1.82) is 5.26 Å². The number of aromatic nitrogens is 1. The number of fused-ring (bicyclic) bond motifs is 1. The van der Waals surface area contributed by atoms with Crippen molar-refractivity contribution in [1.82, 2.24) is 4.98 Å². The summed E-state index contributed by atoms with van der Waals surface area (Å²) in [4.78, 5) is 19.6. The number of hydrogen-bond acceptors (Lipinski definition) is 5. The van der Waals surface area contributed by atoms with Crippen LogP contribution in [0.4, 0.5) is 5.13 Å². The number of thiazole rings is 1. The molecule has 0 fully saturated rings. The molecular formula is C22H17N3O2S. The molecule has 28 heavy (non-hydrogen) atoms. The van der Waals surface area contributed by atoms with Crippen molar-refractivity contribution in [2.75, 3.05) is 4.90 Å². The first-order valence-electron chi connectivity index (χ1n) is 8.77. The SMILES string of the molecule is Cc1cc2nc(N(Cc3ccco3)C(=O)c3ccc(C#N)cc3)sc2cc1C. The third-order valence-corrected chi connectivity index (χ3v) is 5.66. The van der Waals surface area contributed by atoms with Crippen molar-refractivity contribution in [2.45, 2.75) is 20.4 Å². The van der Waals surface area contributed by atoms with E-state index >= 15 is 0 Å². The zero-order chi connectivity index (χ0) is 19.7. The van der Waals surface area contributed by atoms with E-state index in [9.17, 15) is 4.79 Å². The second kappa shape index (κ2) is 7.29. The Morgan fingerprint density at radius 1 is 1.18 bits per heavy atom. The fourth-order valence-corrected chi connectivity index (χ4v) is 3.95. The molecule has 2 heterocycles. The van der Waals surface area contributed by atoms with Gasteiger partial charge in [0.2, 0.25) is 0 Å². The lowest BCUT2D eigenvalue weighted by atomic mass is 10.1. The van der Waals surface area contributed by atoms with Gasteiger partial charge in [-0.15, -0.1) is 0 Å². The highest BCUT2D eigenvalue weighted by molar-refractivity contribution is 7.22. The van der Waals surface area contributed by atoms with Crippen molar-refractivity contribution in [2.24, 2.45) is 0 Å². The van der Waals surface area contributed by atoms with Gasteiger partial charge in [0.05, 0.1) is 34.7 Å². The van der Waals surface area contributed by atoms with Gasteiger partial charge in [0.1, 0.15) is 5.76 Å². The molecule has 0 aliphatic carbocycles. The molecule has 5 nitrogen and oxygen atoms in total. The maximum absolute atomic E-state index is 13.2. The number of carbonyl (C=O) groups excluding carboxylic acids is 1. The molecule has 0 unspecified atom stereocenters. The molecule has 0 spiro atoms. The van der Waals surface area contributed by atoms with Crippen LogP contribution in [0.15, 0.2) is 59.2 Å². The molecule has 138 valence electrons. The average molecular weight is 387 g/mol. The number of benzene rings is 2. The Labute approximate surface area is 166 Å². The zero-order valence-corrected chi connectivity index (χ0v) is 16.3. The Balaban J connectivity index is 1.76. The first kappa shape index (κ1) is 18.0. The van der Waals surface area contributed by atoms with Crippen LogP contribution in [0.2, 0.25) is 0 Å². The van der Waals surface area contributed by atoms with Gasteiger partial charge in [-0.1, -0.05) is 11.3 Å². The minimum absolute atomic E-state index is 0.187. The molecule has 0 bridgehead atoms.